The topological polar surface area (TPSA) is 116 Å². The van der Waals surface area contributed by atoms with Crippen LogP contribution in [0.2, 0.25) is 0 Å². The summed E-state index contributed by atoms with van der Waals surface area (Å²) in [6.07, 6.45) is 9.07. The average molecular weight is 495 g/mol. The zero-order chi connectivity index (χ0) is 24.8. The third kappa shape index (κ3) is 3.96. The first kappa shape index (κ1) is 22.2. The standard InChI is InChI=1S/C26H22N8OS/c1-14(35)21-4-5-22(36-21)19-11-28-12-20-23(19)31-26(30-20)24-18-7-17(10-29-25(18)33-32-24)16-6-15(8-27-9-16)13-34(2)3/h4-12H,13H2,1-3H3,(H,30,31)(H,29,32,33). The lowest BCUT2D eigenvalue weighted by Gasteiger charge is -2.10. The summed E-state index contributed by atoms with van der Waals surface area (Å²) < 4.78 is 0. The molecule has 0 amide bonds. The van der Waals surface area contributed by atoms with E-state index in [0.29, 0.717) is 22.0 Å². The molecule has 0 fully saturated rings. The first-order valence-electron chi connectivity index (χ1n) is 11.3. The van der Waals surface area contributed by atoms with Crippen LogP contribution in [0.3, 0.4) is 0 Å². The van der Waals surface area contributed by atoms with E-state index < -0.39 is 0 Å². The Balaban J connectivity index is 1.43. The number of Topliss-reactive ketones (excluding diaryl/α,β-unsaturated/α-hetero) is 1. The molecule has 0 aromatic carbocycles. The molecule has 0 aliphatic carbocycles. The monoisotopic (exact) mass is 494 g/mol. The van der Waals surface area contributed by atoms with Gasteiger partial charge in [-0.05, 0) is 50.8 Å². The zero-order valence-electron chi connectivity index (χ0n) is 19.9. The number of aromatic nitrogens is 7. The van der Waals surface area contributed by atoms with Crippen molar-refractivity contribution in [1.82, 2.24) is 40.0 Å². The molecule has 6 heterocycles. The minimum absolute atomic E-state index is 0.0443. The maximum Gasteiger partial charge on any atom is 0.169 e. The number of fused-ring (bicyclic) bond motifs is 2. The fourth-order valence-electron chi connectivity index (χ4n) is 4.24. The molecule has 0 aliphatic heterocycles. The second-order valence-electron chi connectivity index (χ2n) is 8.90. The molecule has 36 heavy (non-hydrogen) atoms. The highest BCUT2D eigenvalue weighted by molar-refractivity contribution is 7.17. The highest BCUT2D eigenvalue weighted by Gasteiger charge is 2.18. The molecule has 6 rings (SSSR count). The first-order valence-corrected chi connectivity index (χ1v) is 12.2. The predicted molar refractivity (Wildman–Crippen MR) is 141 cm³/mol. The van der Waals surface area contributed by atoms with Gasteiger partial charge < -0.3 is 9.88 Å². The predicted octanol–water partition coefficient (Wildman–Crippen LogP) is 4.95. The zero-order valence-corrected chi connectivity index (χ0v) is 20.7. The van der Waals surface area contributed by atoms with Crippen LogP contribution in [-0.4, -0.2) is 59.9 Å². The van der Waals surface area contributed by atoms with Gasteiger partial charge in [-0.15, -0.1) is 11.3 Å². The number of imidazole rings is 1. The smallest absolute Gasteiger partial charge is 0.169 e. The first-order chi connectivity index (χ1) is 17.5. The average Bonchev–Trinajstić information content (AvgIpc) is 3.60. The van der Waals surface area contributed by atoms with Crippen LogP contribution in [0.25, 0.3) is 55.2 Å². The molecule has 6 aromatic heterocycles. The number of hydrogen-bond donors (Lipinski definition) is 2. The number of H-pyrrole nitrogens is 2. The maximum absolute atomic E-state index is 11.8. The summed E-state index contributed by atoms with van der Waals surface area (Å²) >= 11 is 1.44. The second-order valence-corrected chi connectivity index (χ2v) is 9.98. The van der Waals surface area contributed by atoms with Crippen LogP contribution in [0.15, 0.2) is 55.2 Å². The van der Waals surface area contributed by atoms with Gasteiger partial charge >= 0.3 is 0 Å². The molecule has 0 unspecified atom stereocenters. The van der Waals surface area contributed by atoms with Gasteiger partial charge in [-0.1, -0.05) is 0 Å². The van der Waals surface area contributed by atoms with E-state index in [2.05, 4.69) is 47.2 Å². The van der Waals surface area contributed by atoms with E-state index in [1.165, 1.54) is 11.3 Å². The van der Waals surface area contributed by atoms with E-state index in [9.17, 15) is 4.79 Å². The number of pyridine rings is 3. The maximum atomic E-state index is 11.8. The van der Waals surface area contributed by atoms with Gasteiger partial charge in [0.15, 0.2) is 17.3 Å². The van der Waals surface area contributed by atoms with Gasteiger partial charge in [0.2, 0.25) is 0 Å². The van der Waals surface area contributed by atoms with Crippen LogP contribution < -0.4 is 0 Å². The molecule has 0 saturated carbocycles. The second kappa shape index (κ2) is 8.74. The number of carbonyl (C=O) groups is 1. The number of thiophene rings is 1. The number of carbonyl (C=O) groups excluding carboxylic acids is 1. The largest absolute Gasteiger partial charge is 0.335 e. The van der Waals surface area contributed by atoms with Crippen molar-refractivity contribution in [1.29, 1.82) is 0 Å². The van der Waals surface area contributed by atoms with Crippen LogP contribution in [0.5, 0.6) is 0 Å². The van der Waals surface area contributed by atoms with Crippen LogP contribution in [0.4, 0.5) is 0 Å². The third-order valence-corrected chi connectivity index (χ3v) is 7.10. The number of nitrogens with one attached hydrogen (secondary N) is 2. The Bertz CT molecular complexity index is 1750. The highest BCUT2D eigenvalue weighted by Crippen LogP contribution is 2.35. The van der Waals surface area contributed by atoms with E-state index in [4.69, 9.17) is 4.98 Å². The lowest BCUT2D eigenvalue weighted by molar-refractivity contribution is 0.102. The summed E-state index contributed by atoms with van der Waals surface area (Å²) in [4.78, 5) is 37.2. The van der Waals surface area contributed by atoms with Crippen molar-refractivity contribution >= 4 is 39.2 Å². The molecule has 0 saturated heterocycles. The summed E-state index contributed by atoms with van der Waals surface area (Å²) in [7, 11) is 4.07. The molecule has 9 nitrogen and oxygen atoms in total. The molecule has 0 aliphatic rings. The van der Waals surface area contributed by atoms with Crippen molar-refractivity contribution in [3.05, 3.63) is 65.7 Å². The Hall–Kier alpha value is -4.28. The summed E-state index contributed by atoms with van der Waals surface area (Å²) in [6.45, 7) is 2.38. The molecular formula is C26H22N8OS. The number of rotatable bonds is 6. The Morgan fingerprint density at radius 1 is 1.03 bits per heavy atom. The fraction of sp³-hybridized carbons (Fsp3) is 0.154. The third-order valence-electron chi connectivity index (χ3n) is 5.88. The lowest BCUT2D eigenvalue weighted by Crippen LogP contribution is -2.10. The van der Waals surface area contributed by atoms with Crippen molar-refractivity contribution in [3.63, 3.8) is 0 Å². The Morgan fingerprint density at radius 3 is 2.67 bits per heavy atom. The van der Waals surface area contributed by atoms with Crippen LogP contribution in [0.1, 0.15) is 22.2 Å². The molecule has 0 spiro atoms. The highest BCUT2D eigenvalue weighted by atomic mass is 32.1. The molecule has 0 bridgehead atoms. The van der Waals surface area contributed by atoms with Crippen molar-refractivity contribution in [2.75, 3.05) is 14.1 Å². The van der Waals surface area contributed by atoms with Crippen molar-refractivity contribution in [2.45, 2.75) is 13.5 Å². The Labute approximate surface area is 210 Å². The summed E-state index contributed by atoms with van der Waals surface area (Å²) in [5.74, 6) is 0.662. The van der Waals surface area contributed by atoms with Crippen molar-refractivity contribution < 1.29 is 4.79 Å². The van der Waals surface area contributed by atoms with E-state index in [-0.39, 0.29) is 5.78 Å². The quantitative estimate of drug-likeness (QED) is 0.315. The number of ketones is 1. The minimum atomic E-state index is 0.0443. The van der Waals surface area contributed by atoms with Gasteiger partial charge in [-0.25, -0.2) is 9.97 Å². The van der Waals surface area contributed by atoms with E-state index >= 15 is 0 Å². The summed E-state index contributed by atoms with van der Waals surface area (Å²) in [5.41, 5.74) is 6.86. The van der Waals surface area contributed by atoms with E-state index in [1.807, 2.05) is 44.8 Å². The van der Waals surface area contributed by atoms with Gasteiger partial charge in [-0.2, -0.15) is 5.10 Å². The van der Waals surface area contributed by atoms with Gasteiger partial charge in [0.05, 0.1) is 22.0 Å². The van der Waals surface area contributed by atoms with Gasteiger partial charge in [0, 0.05) is 52.9 Å². The minimum Gasteiger partial charge on any atom is -0.335 e. The molecular weight excluding hydrogens is 472 g/mol. The Morgan fingerprint density at radius 2 is 1.86 bits per heavy atom. The SMILES string of the molecule is CC(=O)c1ccc(-c2cncc3[nH]c(-c4n[nH]c5ncc(-c6cncc(CN(C)C)c6)cc45)nc23)s1. The van der Waals surface area contributed by atoms with E-state index in [0.717, 1.165) is 50.1 Å². The normalized spacial score (nSPS) is 11.7. The molecule has 0 atom stereocenters. The van der Waals surface area contributed by atoms with Gasteiger partial charge in [0.1, 0.15) is 11.2 Å². The van der Waals surface area contributed by atoms with Crippen molar-refractivity contribution in [3.8, 4) is 33.1 Å². The lowest BCUT2D eigenvalue weighted by atomic mass is 10.1. The summed E-state index contributed by atoms with van der Waals surface area (Å²) in [6, 6.07) is 7.96. The number of nitrogens with zero attached hydrogens (tertiary/aromatic N) is 6. The molecule has 2 N–H and O–H groups in total. The van der Waals surface area contributed by atoms with Gasteiger partial charge in [-0.3, -0.25) is 19.9 Å². The van der Waals surface area contributed by atoms with Gasteiger partial charge in [0.25, 0.3) is 0 Å². The molecule has 0 radical (unpaired) electrons. The van der Waals surface area contributed by atoms with Crippen molar-refractivity contribution in [2.24, 2.45) is 0 Å². The van der Waals surface area contributed by atoms with E-state index in [1.54, 1.807) is 19.3 Å². The molecule has 6 aromatic rings. The summed E-state index contributed by atoms with van der Waals surface area (Å²) in [5, 5.41) is 8.39. The number of hydrogen-bond acceptors (Lipinski definition) is 8. The fourth-order valence-corrected chi connectivity index (χ4v) is 5.15. The van der Waals surface area contributed by atoms with Crippen LogP contribution in [0, 0.1) is 0 Å². The van der Waals surface area contributed by atoms with Crippen LogP contribution in [-0.2, 0) is 6.54 Å². The molecule has 178 valence electrons. The number of aromatic amines is 2. The Kier molecular flexibility index (Phi) is 5.39. The van der Waals surface area contributed by atoms with Crippen LogP contribution >= 0.6 is 11.3 Å². The molecule has 10 heteroatoms.